The van der Waals surface area contributed by atoms with Gasteiger partial charge in [-0.05, 0) is 19.4 Å². The van der Waals surface area contributed by atoms with E-state index in [4.69, 9.17) is 5.21 Å². The van der Waals surface area contributed by atoms with Crippen LogP contribution in [0.5, 0.6) is 0 Å². The monoisotopic (exact) mass is 204 g/mol. The lowest BCUT2D eigenvalue weighted by Crippen LogP contribution is -2.40. The normalized spacial score (nSPS) is 22.7. The number of nitrogens with one attached hydrogen (secondary N) is 1. The Balaban J connectivity index is 2.17. The van der Waals surface area contributed by atoms with Crippen molar-refractivity contribution >= 4 is 5.71 Å². The van der Waals surface area contributed by atoms with Gasteiger partial charge >= 0.3 is 0 Å². The first-order valence-corrected chi connectivity index (χ1v) is 5.42. The van der Waals surface area contributed by atoms with Crippen LogP contribution in [-0.4, -0.2) is 23.5 Å². The lowest BCUT2D eigenvalue weighted by Gasteiger charge is -2.24. The fraction of sp³-hybridized carbons (Fsp3) is 0.417. The summed E-state index contributed by atoms with van der Waals surface area (Å²) in [6.45, 7) is 1.01. The predicted molar refractivity (Wildman–Crippen MR) is 60.4 cm³/mol. The highest BCUT2D eigenvalue weighted by atomic mass is 16.4. The summed E-state index contributed by atoms with van der Waals surface area (Å²) >= 11 is 0. The first kappa shape index (κ1) is 10.2. The number of oxime groups is 1. The van der Waals surface area contributed by atoms with Crippen molar-refractivity contribution in [2.45, 2.75) is 25.3 Å². The zero-order valence-electron chi connectivity index (χ0n) is 8.69. The fourth-order valence-electron chi connectivity index (χ4n) is 2.02. The van der Waals surface area contributed by atoms with Crippen LogP contribution in [0.2, 0.25) is 0 Å². The Morgan fingerprint density at radius 1 is 1.27 bits per heavy atom. The van der Waals surface area contributed by atoms with Gasteiger partial charge in [-0.2, -0.15) is 0 Å². The lowest BCUT2D eigenvalue weighted by atomic mass is 9.96. The van der Waals surface area contributed by atoms with E-state index in [2.05, 4.69) is 10.5 Å². The molecular weight excluding hydrogens is 188 g/mol. The number of nitrogens with zero attached hydrogens (tertiary/aromatic N) is 1. The maximum absolute atomic E-state index is 9.08. The van der Waals surface area contributed by atoms with E-state index in [1.165, 1.54) is 12.8 Å². The Bertz CT molecular complexity index is 329. The summed E-state index contributed by atoms with van der Waals surface area (Å²) in [7, 11) is 0. The molecule has 1 aliphatic rings. The van der Waals surface area contributed by atoms with Crippen LogP contribution in [0.4, 0.5) is 0 Å². The Morgan fingerprint density at radius 3 is 2.67 bits per heavy atom. The molecule has 80 valence electrons. The van der Waals surface area contributed by atoms with Crippen molar-refractivity contribution in [2.75, 3.05) is 6.54 Å². The number of rotatable bonds is 2. The topological polar surface area (TPSA) is 44.6 Å². The number of hydrogen-bond donors (Lipinski definition) is 2. The Kier molecular flexibility index (Phi) is 3.35. The number of benzene rings is 1. The maximum atomic E-state index is 9.08. The molecule has 1 heterocycles. The average Bonchev–Trinajstić information content (AvgIpc) is 2.33. The van der Waals surface area contributed by atoms with Gasteiger partial charge in [-0.1, -0.05) is 41.9 Å². The molecule has 2 rings (SSSR count). The molecule has 2 N–H and O–H groups in total. The van der Waals surface area contributed by atoms with Gasteiger partial charge in [-0.25, -0.2) is 0 Å². The van der Waals surface area contributed by atoms with Gasteiger partial charge in [0, 0.05) is 5.56 Å². The second-order valence-electron chi connectivity index (χ2n) is 3.85. The van der Waals surface area contributed by atoms with E-state index in [1.54, 1.807) is 0 Å². The van der Waals surface area contributed by atoms with Crippen molar-refractivity contribution in [3.05, 3.63) is 35.9 Å². The maximum Gasteiger partial charge on any atom is 0.104 e. The van der Waals surface area contributed by atoms with Crippen LogP contribution in [-0.2, 0) is 0 Å². The van der Waals surface area contributed by atoms with E-state index in [0.717, 1.165) is 24.2 Å². The zero-order chi connectivity index (χ0) is 10.5. The molecule has 0 radical (unpaired) electrons. The molecule has 1 atom stereocenters. The number of piperidine rings is 1. The molecule has 0 bridgehead atoms. The SMILES string of the molecule is ON=C(c1ccccc1)C1CCCCN1. The summed E-state index contributed by atoms with van der Waals surface area (Å²) in [5.74, 6) is 0. The van der Waals surface area contributed by atoms with E-state index >= 15 is 0 Å². The molecule has 0 spiro atoms. The molecule has 15 heavy (non-hydrogen) atoms. The van der Waals surface area contributed by atoms with Crippen LogP contribution < -0.4 is 5.32 Å². The molecule has 1 fully saturated rings. The van der Waals surface area contributed by atoms with Crippen LogP contribution in [0.1, 0.15) is 24.8 Å². The molecule has 1 saturated heterocycles. The van der Waals surface area contributed by atoms with Crippen LogP contribution in [0, 0.1) is 0 Å². The Morgan fingerprint density at radius 2 is 2.07 bits per heavy atom. The summed E-state index contributed by atoms with van der Waals surface area (Å²) in [4.78, 5) is 0. The minimum Gasteiger partial charge on any atom is -0.411 e. The molecule has 3 nitrogen and oxygen atoms in total. The minimum atomic E-state index is 0.200. The standard InChI is InChI=1S/C12H16N2O/c15-14-12(10-6-2-1-3-7-10)11-8-4-5-9-13-11/h1-3,6-7,11,13,15H,4-5,8-9H2. The highest BCUT2D eigenvalue weighted by Gasteiger charge is 2.20. The Labute approximate surface area is 89.8 Å². The zero-order valence-corrected chi connectivity index (χ0v) is 8.69. The first-order chi connectivity index (χ1) is 7.42. The molecular formula is C12H16N2O. The lowest BCUT2D eigenvalue weighted by molar-refractivity contribution is 0.313. The van der Waals surface area contributed by atoms with Gasteiger partial charge in [0.05, 0.1) is 6.04 Å². The summed E-state index contributed by atoms with van der Waals surface area (Å²) in [5, 5.41) is 15.9. The first-order valence-electron chi connectivity index (χ1n) is 5.42. The van der Waals surface area contributed by atoms with E-state index in [-0.39, 0.29) is 6.04 Å². The van der Waals surface area contributed by atoms with Gasteiger partial charge in [0.25, 0.3) is 0 Å². The van der Waals surface area contributed by atoms with Crippen molar-refractivity contribution in [2.24, 2.45) is 5.16 Å². The molecule has 0 aliphatic carbocycles. The highest BCUT2D eigenvalue weighted by Crippen LogP contribution is 2.13. The third kappa shape index (κ3) is 2.36. The van der Waals surface area contributed by atoms with E-state index in [1.807, 2.05) is 30.3 Å². The van der Waals surface area contributed by atoms with E-state index in [0.29, 0.717) is 0 Å². The quantitative estimate of drug-likeness (QED) is 0.439. The largest absolute Gasteiger partial charge is 0.411 e. The van der Waals surface area contributed by atoms with E-state index in [9.17, 15) is 0 Å². The van der Waals surface area contributed by atoms with Crippen molar-refractivity contribution in [1.29, 1.82) is 0 Å². The summed E-state index contributed by atoms with van der Waals surface area (Å²) < 4.78 is 0. The van der Waals surface area contributed by atoms with Crippen LogP contribution >= 0.6 is 0 Å². The van der Waals surface area contributed by atoms with Gasteiger partial charge in [0.2, 0.25) is 0 Å². The van der Waals surface area contributed by atoms with Crippen molar-refractivity contribution < 1.29 is 5.21 Å². The average molecular weight is 204 g/mol. The van der Waals surface area contributed by atoms with Crippen molar-refractivity contribution in [3.63, 3.8) is 0 Å². The summed E-state index contributed by atoms with van der Waals surface area (Å²) in [6, 6.07) is 10.0. The Hall–Kier alpha value is -1.35. The van der Waals surface area contributed by atoms with Gasteiger partial charge in [0.1, 0.15) is 5.71 Å². The van der Waals surface area contributed by atoms with Crippen molar-refractivity contribution in [1.82, 2.24) is 5.32 Å². The molecule has 1 aromatic carbocycles. The van der Waals surface area contributed by atoms with Gasteiger partial charge in [-0.15, -0.1) is 0 Å². The molecule has 0 aromatic heterocycles. The van der Waals surface area contributed by atoms with Gasteiger partial charge in [0.15, 0.2) is 0 Å². The van der Waals surface area contributed by atoms with Crippen LogP contribution in [0.15, 0.2) is 35.5 Å². The number of hydrogen-bond acceptors (Lipinski definition) is 3. The molecule has 1 aromatic rings. The molecule has 1 aliphatic heterocycles. The third-order valence-electron chi connectivity index (χ3n) is 2.82. The third-order valence-corrected chi connectivity index (χ3v) is 2.82. The van der Waals surface area contributed by atoms with Crippen LogP contribution in [0.3, 0.4) is 0 Å². The highest BCUT2D eigenvalue weighted by molar-refractivity contribution is 6.04. The second-order valence-corrected chi connectivity index (χ2v) is 3.85. The smallest absolute Gasteiger partial charge is 0.104 e. The van der Waals surface area contributed by atoms with Gasteiger partial charge in [-0.3, -0.25) is 0 Å². The molecule has 1 unspecified atom stereocenters. The molecule has 0 amide bonds. The van der Waals surface area contributed by atoms with Crippen LogP contribution in [0.25, 0.3) is 0 Å². The fourth-order valence-corrected chi connectivity index (χ4v) is 2.02. The van der Waals surface area contributed by atoms with Gasteiger partial charge < -0.3 is 10.5 Å². The molecule has 0 saturated carbocycles. The summed E-state index contributed by atoms with van der Waals surface area (Å²) in [6.07, 6.45) is 3.46. The second kappa shape index (κ2) is 4.94. The predicted octanol–water partition coefficient (Wildman–Crippen LogP) is 2.01. The summed E-state index contributed by atoms with van der Waals surface area (Å²) in [5.41, 5.74) is 1.76. The van der Waals surface area contributed by atoms with E-state index < -0.39 is 0 Å². The minimum absolute atomic E-state index is 0.200. The van der Waals surface area contributed by atoms with Crippen molar-refractivity contribution in [3.8, 4) is 0 Å². The molecule has 3 heteroatoms.